The average molecular weight is 467 g/mol. The summed E-state index contributed by atoms with van der Waals surface area (Å²) in [5.74, 6) is -4.10. The fourth-order valence-electron chi connectivity index (χ4n) is 2.66. The van der Waals surface area contributed by atoms with Crippen LogP contribution >= 0.6 is 15.9 Å². The molecule has 1 saturated heterocycles. The van der Waals surface area contributed by atoms with Gasteiger partial charge in [-0.25, -0.2) is 13.6 Å². The van der Waals surface area contributed by atoms with Gasteiger partial charge >= 0.3 is 5.97 Å². The maximum Gasteiger partial charge on any atom is 0.338 e. The van der Waals surface area contributed by atoms with Crippen LogP contribution in [0.1, 0.15) is 23.2 Å². The predicted molar refractivity (Wildman–Crippen MR) is 101 cm³/mol. The summed E-state index contributed by atoms with van der Waals surface area (Å²) in [5, 5.41) is 2.18. The number of carbonyl (C=O) groups is 4. The number of rotatable bonds is 5. The number of nitrogens with zero attached hydrogens (tertiary/aromatic N) is 1. The van der Waals surface area contributed by atoms with Crippen molar-refractivity contribution in [1.29, 1.82) is 0 Å². The number of anilines is 2. The van der Waals surface area contributed by atoms with Crippen LogP contribution in [0.2, 0.25) is 0 Å². The zero-order valence-electron chi connectivity index (χ0n) is 14.7. The summed E-state index contributed by atoms with van der Waals surface area (Å²) < 4.78 is 31.6. The van der Waals surface area contributed by atoms with Crippen molar-refractivity contribution in [3.63, 3.8) is 0 Å². The van der Waals surface area contributed by atoms with E-state index in [9.17, 15) is 28.0 Å². The highest BCUT2D eigenvalue weighted by Gasteiger charge is 2.30. The fourth-order valence-corrected chi connectivity index (χ4v) is 3.17. The quantitative estimate of drug-likeness (QED) is 0.539. The Labute approximate surface area is 171 Å². The van der Waals surface area contributed by atoms with Crippen molar-refractivity contribution in [2.75, 3.05) is 16.8 Å². The van der Waals surface area contributed by atoms with Crippen LogP contribution in [0.5, 0.6) is 0 Å². The molecule has 2 aromatic rings. The van der Waals surface area contributed by atoms with Gasteiger partial charge in [-0.1, -0.05) is 0 Å². The molecule has 2 aromatic carbocycles. The molecule has 29 heavy (non-hydrogen) atoms. The van der Waals surface area contributed by atoms with E-state index in [0.717, 1.165) is 11.0 Å². The number of benzene rings is 2. The van der Waals surface area contributed by atoms with Crippen LogP contribution in [0.3, 0.4) is 0 Å². The molecule has 10 heteroatoms. The monoisotopic (exact) mass is 466 g/mol. The van der Waals surface area contributed by atoms with Crippen molar-refractivity contribution in [3.8, 4) is 0 Å². The van der Waals surface area contributed by atoms with E-state index in [4.69, 9.17) is 4.74 Å². The molecule has 0 saturated carbocycles. The first-order valence-corrected chi connectivity index (χ1v) is 9.13. The number of esters is 1. The van der Waals surface area contributed by atoms with Crippen LogP contribution in [0.15, 0.2) is 40.9 Å². The first-order chi connectivity index (χ1) is 13.8. The van der Waals surface area contributed by atoms with Gasteiger partial charge in [0, 0.05) is 23.4 Å². The molecule has 1 aliphatic rings. The highest BCUT2D eigenvalue weighted by atomic mass is 79.9. The van der Waals surface area contributed by atoms with Crippen LogP contribution in [0.25, 0.3) is 0 Å². The third kappa shape index (κ3) is 4.65. The maximum atomic E-state index is 13.7. The lowest BCUT2D eigenvalue weighted by atomic mass is 10.2. The molecule has 0 bridgehead atoms. The lowest BCUT2D eigenvalue weighted by molar-refractivity contribution is -0.121. The summed E-state index contributed by atoms with van der Waals surface area (Å²) in [6, 6.07) is 7.12. The molecule has 0 atom stereocenters. The Morgan fingerprint density at radius 2 is 1.69 bits per heavy atom. The smallest absolute Gasteiger partial charge is 0.338 e. The first kappa shape index (κ1) is 20.6. The van der Waals surface area contributed by atoms with Crippen molar-refractivity contribution < 1.29 is 32.7 Å². The molecule has 7 nitrogen and oxygen atoms in total. The van der Waals surface area contributed by atoms with E-state index in [1.807, 2.05) is 0 Å². The second-order valence-electron chi connectivity index (χ2n) is 6.04. The second-order valence-corrected chi connectivity index (χ2v) is 6.89. The van der Waals surface area contributed by atoms with Gasteiger partial charge in [0.05, 0.1) is 16.9 Å². The Kier molecular flexibility index (Phi) is 6.02. The molecular formula is C19H13BrF2N2O5. The Hall–Kier alpha value is -3.14. The molecule has 1 heterocycles. The summed E-state index contributed by atoms with van der Waals surface area (Å²) >= 11 is 2.93. The van der Waals surface area contributed by atoms with Crippen LogP contribution in [-0.2, 0) is 19.1 Å². The first-order valence-electron chi connectivity index (χ1n) is 8.33. The van der Waals surface area contributed by atoms with Crippen molar-refractivity contribution in [3.05, 3.63) is 58.1 Å². The van der Waals surface area contributed by atoms with E-state index in [0.29, 0.717) is 11.8 Å². The summed E-state index contributed by atoms with van der Waals surface area (Å²) in [4.78, 5) is 48.4. The van der Waals surface area contributed by atoms with E-state index >= 15 is 0 Å². The van der Waals surface area contributed by atoms with Crippen LogP contribution in [0.4, 0.5) is 20.2 Å². The van der Waals surface area contributed by atoms with E-state index < -0.39 is 30.1 Å². The van der Waals surface area contributed by atoms with Gasteiger partial charge in [0.1, 0.15) is 5.82 Å². The molecule has 1 aliphatic heterocycles. The second kappa shape index (κ2) is 8.48. The van der Waals surface area contributed by atoms with Gasteiger partial charge in [-0.05, 0) is 46.3 Å². The molecule has 0 spiro atoms. The average Bonchev–Trinajstić information content (AvgIpc) is 3.01. The normalized spacial score (nSPS) is 13.6. The Bertz CT molecular complexity index is 971. The number of ether oxygens (including phenoxy) is 1. The number of halogens is 3. The van der Waals surface area contributed by atoms with Crippen LogP contribution in [0, 0.1) is 11.6 Å². The molecular weight excluding hydrogens is 454 g/mol. The molecule has 1 N–H and O–H groups in total. The minimum Gasteiger partial charge on any atom is -0.452 e. The van der Waals surface area contributed by atoms with E-state index in [2.05, 4.69) is 21.2 Å². The van der Waals surface area contributed by atoms with Gasteiger partial charge in [-0.2, -0.15) is 0 Å². The molecule has 0 aromatic heterocycles. The van der Waals surface area contributed by atoms with Crippen molar-refractivity contribution >= 4 is 51.0 Å². The molecule has 0 unspecified atom stereocenters. The van der Waals surface area contributed by atoms with E-state index in [1.54, 1.807) is 0 Å². The number of hydrogen-bond donors (Lipinski definition) is 1. The lowest BCUT2D eigenvalue weighted by Crippen LogP contribution is -2.28. The third-order valence-corrected chi connectivity index (χ3v) is 4.64. The fraction of sp³-hybridized carbons (Fsp3) is 0.158. The Morgan fingerprint density at radius 1 is 1.07 bits per heavy atom. The van der Waals surface area contributed by atoms with E-state index in [-0.39, 0.29) is 40.4 Å². The number of nitrogens with one attached hydrogen (secondary N) is 1. The summed E-state index contributed by atoms with van der Waals surface area (Å²) in [5.41, 5.74) is 0.148. The molecule has 3 rings (SSSR count). The number of amides is 3. The minimum absolute atomic E-state index is 0.00345. The summed E-state index contributed by atoms with van der Waals surface area (Å²) in [6.07, 6.45) is 0.283. The van der Waals surface area contributed by atoms with Gasteiger partial charge in [0.25, 0.3) is 5.91 Å². The molecule has 150 valence electrons. The molecule has 1 fully saturated rings. The van der Waals surface area contributed by atoms with Crippen molar-refractivity contribution in [2.24, 2.45) is 0 Å². The topological polar surface area (TPSA) is 92.8 Å². The number of imide groups is 1. The van der Waals surface area contributed by atoms with Gasteiger partial charge < -0.3 is 10.1 Å². The van der Waals surface area contributed by atoms with Crippen molar-refractivity contribution in [2.45, 2.75) is 12.8 Å². The third-order valence-electron chi connectivity index (χ3n) is 4.02. The standard InChI is InChI=1S/C19H13BrF2N2O5/c20-13-7-11(21)8-14(22)18(13)23-15(25)9-29-19(28)10-1-3-12(4-2-10)24-16(26)5-6-17(24)27/h1-4,7-8H,5-6,9H2,(H,23,25). The maximum absolute atomic E-state index is 13.7. The molecule has 0 radical (unpaired) electrons. The van der Waals surface area contributed by atoms with Crippen molar-refractivity contribution in [1.82, 2.24) is 0 Å². The molecule has 0 aliphatic carbocycles. The largest absolute Gasteiger partial charge is 0.452 e. The summed E-state index contributed by atoms with van der Waals surface area (Å²) in [7, 11) is 0. The number of carbonyl (C=O) groups excluding carboxylic acids is 4. The molecule has 3 amide bonds. The Balaban J connectivity index is 1.59. The summed E-state index contributed by atoms with van der Waals surface area (Å²) in [6.45, 7) is -0.701. The van der Waals surface area contributed by atoms with Crippen LogP contribution < -0.4 is 10.2 Å². The highest BCUT2D eigenvalue weighted by molar-refractivity contribution is 9.10. The van der Waals surface area contributed by atoms with Gasteiger partial charge in [0.2, 0.25) is 11.8 Å². The lowest BCUT2D eigenvalue weighted by Gasteiger charge is -2.14. The zero-order chi connectivity index (χ0) is 21.1. The van der Waals surface area contributed by atoms with Crippen LogP contribution in [-0.4, -0.2) is 30.3 Å². The van der Waals surface area contributed by atoms with Gasteiger partial charge in [-0.3, -0.25) is 19.3 Å². The Morgan fingerprint density at radius 3 is 2.28 bits per heavy atom. The van der Waals surface area contributed by atoms with Gasteiger partial charge in [0.15, 0.2) is 12.4 Å². The van der Waals surface area contributed by atoms with E-state index in [1.165, 1.54) is 24.3 Å². The predicted octanol–water partition coefficient (Wildman–Crippen LogP) is 3.18. The SMILES string of the molecule is O=C(COC(=O)c1ccc(N2C(=O)CCC2=O)cc1)Nc1c(F)cc(F)cc1Br. The zero-order valence-corrected chi connectivity index (χ0v) is 16.3. The highest BCUT2D eigenvalue weighted by Crippen LogP contribution is 2.27. The minimum atomic E-state index is -0.988. The number of hydrogen-bond acceptors (Lipinski definition) is 5. The van der Waals surface area contributed by atoms with Gasteiger partial charge in [-0.15, -0.1) is 0 Å².